The van der Waals surface area contributed by atoms with Gasteiger partial charge in [0.2, 0.25) is 0 Å². The molecule has 0 aromatic rings. The molecule has 0 heterocycles. The van der Waals surface area contributed by atoms with Gasteiger partial charge in [0.1, 0.15) is 0 Å². The Hall–Kier alpha value is 0.480. The standard InChI is InChI=1S/C4H9Br.CH4/c1-2-3-4-5;/h2-4H2,1H3;1H4. The van der Waals surface area contributed by atoms with Gasteiger partial charge in [-0.3, -0.25) is 0 Å². The molecule has 0 atom stereocenters. The van der Waals surface area contributed by atoms with Crippen LogP contribution in [-0.4, -0.2) is 5.33 Å². The van der Waals surface area contributed by atoms with E-state index in [0.29, 0.717) is 0 Å². The Bertz CT molecular complexity index is 11.4. The van der Waals surface area contributed by atoms with Crippen LogP contribution in [0.2, 0.25) is 0 Å². The third kappa shape index (κ3) is 8.82. The van der Waals surface area contributed by atoms with Crippen molar-refractivity contribution in [1.29, 1.82) is 0 Å². The van der Waals surface area contributed by atoms with E-state index < -0.39 is 0 Å². The van der Waals surface area contributed by atoms with Crippen LogP contribution in [-0.2, 0) is 0 Å². The summed E-state index contributed by atoms with van der Waals surface area (Å²) >= 11 is 3.31. The summed E-state index contributed by atoms with van der Waals surface area (Å²) in [4.78, 5) is 0. The number of hydrogen-bond acceptors (Lipinski definition) is 0. The van der Waals surface area contributed by atoms with Gasteiger partial charge in [-0.1, -0.05) is 36.7 Å². The Morgan fingerprint density at radius 3 is 2.00 bits per heavy atom. The minimum Gasteiger partial charge on any atom is -0.0928 e. The van der Waals surface area contributed by atoms with Crippen LogP contribution < -0.4 is 0 Å². The SMILES string of the molecule is C.CCCCBr. The Balaban J connectivity index is 0. The van der Waals surface area contributed by atoms with Gasteiger partial charge in [-0.05, 0) is 6.42 Å². The number of alkyl halides is 1. The van der Waals surface area contributed by atoms with Gasteiger partial charge in [0.25, 0.3) is 0 Å². The Morgan fingerprint density at radius 2 is 2.00 bits per heavy atom. The molecular formula is C5H13Br. The second kappa shape index (κ2) is 9.08. The molecule has 0 N–H and O–H groups in total. The lowest BCUT2D eigenvalue weighted by molar-refractivity contribution is 0.902. The highest BCUT2D eigenvalue weighted by molar-refractivity contribution is 9.09. The molecule has 6 heavy (non-hydrogen) atoms. The fourth-order valence-corrected chi connectivity index (χ4v) is 0.694. The number of rotatable bonds is 2. The summed E-state index contributed by atoms with van der Waals surface area (Å²) in [5.41, 5.74) is 0. The first kappa shape index (κ1) is 9.70. The van der Waals surface area contributed by atoms with E-state index in [2.05, 4.69) is 22.9 Å². The molecule has 0 nitrogen and oxygen atoms in total. The molecule has 0 aliphatic heterocycles. The number of unbranched alkanes of at least 4 members (excludes halogenated alkanes) is 1. The van der Waals surface area contributed by atoms with Crippen molar-refractivity contribution in [2.24, 2.45) is 0 Å². The molecule has 0 saturated heterocycles. The van der Waals surface area contributed by atoms with E-state index in [9.17, 15) is 0 Å². The second-order valence-corrected chi connectivity index (χ2v) is 1.84. The van der Waals surface area contributed by atoms with E-state index >= 15 is 0 Å². The summed E-state index contributed by atoms with van der Waals surface area (Å²) < 4.78 is 0. The lowest BCUT2D eigenvalue weighted by Crippen LogP contribution is -1.64. The average Bonchev–Trinajstić information content (AvgIpc) is 1.41. The van der Waals surface area contributed by atoms with Gasteiger partial charge >= 0.3 is 0 Å². The predicted molar refractivity (Wildman–Crippen MR) is 35.4 cm³/mol. The molecule has 0 aromatic carbocycles. The fourth-order valence-electron chi connectivity index (χ4n) is 0.134. The number of hydrogen-bond donors (Lipinski definition) is 0. The molecule has 0 fully saturated rings. The van der Waals surface area contributed by atoms with E-state index in [1.807, 2.05) is 0 Å². The summed E-state index contributed by atoms with van der Waals surface area (Å²) in [6, 6.07) is 0. The van der Waals surface area contributed by atoms with Crippen LogP contribution in [0.25, 0.3) is 0 Å². The van der Waals surface area contributed by atoms with Crippen molar-refractivity contribution in [1.82, 2.24) is 0 Å². The number of halogens is 1. The summed E-state index contributed by atoms with van der Waals surface area (Å²) in [6.45, 7) is 2.18. The topological polar surface area (TPSA) is 0 Å². The smallest absolute Gasteiger partial charge is 0.00312 e. The van der Waals surface area contributed by atoms with E-state index in [4.69, 9.17) is 0 Å². The molecule has 0 spiro atoms. The average molecular weight is 153 g/mol. The summed E-state index contributed by atoms with van der Waals surface area (Å²) in [6.07, 6.45) is 2.60. The molecule has 40 valence electrons. The van der Waals surface area contributed by atoms with Crippen LogP contribution >= 0.6 is 15.9 Å². The van der Waals surface area contributed by atoms with Crippen molar-refractivity contribution in [3.05, 3.63) is 0 Å². The van der Waals surface area contributed by atoms with Crippen LogP contribution in [0.3, 0.4) is 0 Å². The largest absolute Gasteiger partial charge is 0.0928 e. The molecule has 0 saturated carbocycles. The van der Waals surface area contributed by atoms with E-state index in [1.165, 1.54) is 12.8 Å². The maximum Gasteiger partial charge on any atom is 0.00312 e. The quantitative estimate of drug-likeness (QED) is 0.535. The third-order valence-corrected chi connectivity index (χ3v) is 1.05. The molecule has 0 aliphatic carbocycles. The van der Waals surface area contributed by atoms with Crippen molar-refractivity contribution in [3.8, 4) is 0 Å². The lowest BCUT2D eigenvalue weighted by Gasteiger charge is -1.77. The third-order valence-electron chi connectivity index (χ3n) is 0.487. The van der Waals surface area contributed by atoms with Gasteiger partial charge in [0.05, 0.1) is 0 Å². The van der Waals surface area contributed by atoms with Gasteiger partial charge in [-0.25, -0.2) is 0 Å². The van der Waals surface area contributed by atoms with Gasteiger partial charge < -0.3 is 0 Å². The van der Waals surface area contributed by atoms with Crippen LogP contribution in [0.1, 0.15) is 27.2 Å². The molecule has 0 rings (SSSR count). The molecule has 0 aliphatic rings. The maximum absolute atomic E-state index is 3.31. The van der Waals surface area contributed by atoms with E-state index in [0.717, 1.165) is 5.33 Å². The first-order valence-electron chi connectivity index (χ1n) is 1.97. The minimum atomic E-state index is 0. The zero-order valence-corrected chi connectivity index (χ0v) is 5.09. The monoisotopic (exact) mass is 152 g/mol. The zero-order valence-electron chi connectivity index (χ0n) is 3.50. The van der Waals surface area contributed by atoms with Gasteiger partial charge in [-0.15, -0.1) is 0 Å². The highest BCUT2D eigenvalue weighted by Crippen LogP contribution is 1.89. The Labute approximate surface area is 49.1 Å². The van der Waals surface area contributed by atoms with Crippen molar-refractivity contribution in [2.75, 3.05) is 5.33 Å². The van der Waals surface area contributed by atoms with Crippen molar-refractivity contribution >= 4 is 15.9 Å². The normalized spacial score (nSPS) is 7.00. The van der Waals surface area contributed by atoms with Crippen LogP contribution in [0.4, 0.5) is 0 Å². The highest BCUT2D eigenvalue weighted by atomic mass is 79.9. The highest BCUT2D eigenvalue weighted by Gasteiger charge is 1.69. The fraction of sp³-hybridized carbons (Fsp3) is 1.00. The second-order valence-electron chi connectivity index (χ2n) is 1.04. The molecule has 0 aromatic heterocycles. The van der Waals surface area contributed by atoms with E-state index in [1.54, 1.807) is 0 Å². The maximum atomic E-state index is 3.31. The van der Waals surface area contributed by atoms with Crippen LogP contribution in [0, 0.1) is 0 Å². The first-order valence-corrected chi connectivity index (χ1v) is 3.10. The lowest BCUT2D eigenvalue weighted by atomic mass is 10.4. The Morgan fingerprint density at radius 1 is 1.50 bits per heavy atom. The molecule has 0 amide bonds. The van der Waals surface area contributed by atoms with Crippen molar-refractivity contribution in [3.63, 3.8) is 0 Å². The Kier molecular flexibility index (Phi) is 14.7. The summed E-state index contributed by atoms with van der Waals surface area (Å²) in [5, 5.41) is 1.16. The van der Waals surface area contributed by atoms with Gasteiger partial charge in [0, 0.05) is 5.33 Å². The molecule has 0 unspecified atom stereocenters. The zero-order chi connectivity index (χ0) is 4.12. The van der Waals surface area contributed by atoms with Crippen molar-refractivity contribution < 1.29 is 0 Å². The van der Waals surface area contributed by atoms with E-state index in [-0.39, 0.29) is 7.43 Å². The summed E-state index contributed by atoms with van der Waals surface area (Å²) in [7, 11) is 0. The van der Waals surface area contributed by atoms with Gasteiger partial charge in [0.15, 0.2) is 0 Å². The predicted octanol–water partition coefficient (Wildman–Crippen LogP) is 2.82. The van der Waals surface area contributed by atoms with Crippen molar-refractivity contribution in [2.45, 2.75) is 27.2 Å². The van der Waals surface area contributed by atoms with Crippen LogP contribution in [0.15, 0.2) is 0 Å². The molecule has 0 bridgehead atoms. The molecule has 0 radical (unpaired) electrons. The van der Waals surface area contributed by atoms with Crippen LogP contribution in [0.5, 0.6) is 0 Å². The molecular weight excluding hydrogens is 140 g/mol. The van der Waals surface area contributed by atoms with Gasteiger partial charge in [-0.2, -0.15) is 0 Å². The molecule has 1 heteroatoms. The minimum absolute atomic E-state index is 0. The first-order chi connectivity index (χ1) is 2.41. The summed E-state index contributed by atoms with van der Waals surface area (Å²) in [5.74, 6) is 0.